The molecule has 0 aromatic heterocycles. The van der Waals surface area contributed by atoms with E-state index in [-0.39, 0.29) is 47.1 Å². The third-order valence-corrected chi connectivity index (χ3v) is 12.0. The van der Waals surface area contributed by atoms with Crippen molar-refractivity contribution in [3.05, 3.63) is 23.8 Å². The van der Waals surface area contributed by atoms with Gasteiger partial charge in [0.2, 0.25) is 0 Å². The molecule has 6 fully saturated rings. The highest BCUT2D eigenvalue weighted by molar-refractivity contribution is 6.01. The Balaban J connectivity index is 1.25. The molecule has 0 radical (unpaired) electrons. The molecule has 6 nitrogen and oxygen atoms in total. The van der Waals surface area contributed by atoms with Crippen LogP contribution in [0.5, 0.6) is 0 Å². The van der Waals surface area contributed by atoms with Crippen LogP contribution in [0.3, 0.4) is 0 Å². The maximum atomic E-state index is 13.6. The monoisotopic (exact) mass is 482 g/mol. The van der Waals surface area contributed by atoms with Crippen molar-refractivity contribution in [1.82, 2.24) is 0 Å². The maximum Gasteiger partial charge on any atom is 0.193 e. The minimum atomic E-state index is -1.19. The van der Waals surface area contributed by atoms with Crippen LogP contribution in [-0.4, -0.2) is 52.5 Å². The van der Waals surface area contributed by atoms with Crippen LogP contribution in [0.4, 0.5) is 0 Å². The topological polar surface area (TPSA) is 93.1 Å². The van der Waals surface area contributed by atoms with Gasteiger partial charge in [-0.15, -0.1) is 0 Å². The number of hydrogen-bond donors (Lipinski definition) is 2. The highest BCUT2D eigenvalue weighted by Gasteiger charge is 2.76. The first-order valence-electron chi connectivity index (χ1n) is 13.8. The van der Waals surface area contributed by atoms with E-state index in [1.807, 2.05) is 6.08 Å². The fourth-order valence-electron chi connectivity index (χ4n) is 10.5. The van der Waals surface area contributed by atoms with E-state index in [0.717, 1.165) is 37.2 Å². The van der Waals surface area contributed by atoms with Crippen molar-refractivity contribution in [2.24, 2.45) is 46.3 Å². The largest absolute Gasteiger partial charge is 0.393 e. The summed E-state index contributed by atoms with van der Waals surface area (Å²) in [6.07, 6.45) is 11.8. The molecule has 12 atom stereocenters. The first-order valence-corrected chi connectivity index (χ1v) is 13.8. The van der Waals surface area contributed by atoms with E-state index in [2.05, 4.69) is 13.8 Å². The van der Waals surface area contributed by atoms with Crippen LogP contribution in [0.15, 0.2) is 23.8 Å². The van der Waals surface area contributed by atoms with Crippen LogP contribution >= 0.6 is 0 Å². The molecule has 6 aliphatic carbocycles. The van der Waals surface area contributed by atoms with Crippen LogP contribution in [0.25, 0.3) is 0 Å². The Kier molecular flexibility index (Phi) is 4.80. The van der Waals surface area contributed by atoms with Gasteiger partial charge in [0.15, 0.2) is 23.5 Å². The molecule has 1 heterocycles. The fraction of sp³-hybridized carbons (Fsp3) is 0.793. The van der Waals surface area contributed by atoms with E-state index in [9.17, 15) is 19.8 Å². The average molecular weight is 483 g/mol. The zero-order chi connectivity index (χ0) is 24.3. The lowest BCUT2D eigenvalue weighted by molar-refractivity contribution is -0.210. The molecule has 1 saturated heterocycles. The Morgan fingerprint density at radius 1 is 1.14 bits per heavy atom. The van der Waals surface area contributed by atoms with Crippen molar-refractivity contribution < 1.29 is 29.3 Å². The fourth-order valence-corrected chi connectivity index (χ4v) is 10.5. The second-order valence-corrected chi connectivity index (χ2v) is 13.2. The molecule has 7 rings (SSSR count). The number of rotatable bonds is 3. The summed E-state index contributed by atoms with van der Waals surface area (Å²) in [7, 11) is 0. The molecule has 1 aliphatic heterocycles. The Morgan fingerprint density at radius 2 is 1.97 bits per heavy atom. The van der Waals surface area contributed by atoms with E-state index >= 15 is 0 Å². The zero-order valence-electron chi connectivity index (χ0n) is 20.8. The first kappa shape index (κ1) is 22.8. The van der Waals surface area contributed by atoms with Crippen molar-refractivity contribution >= 4 is 11.6 Å². The number of allylic oxidation sites excluding steroid dienone is 4. The van der Waals surface area contributed by atoms with Gasteiger partial charge in [-0.25, -0.2) is 0 Å². The van der Waals surface area contributed by atoms with Crippen molar-refractivity contribution in [2.75, 3.05) is 6.61 Å². The molecule has 0 aromatic rings. The second kappa shape index (κ2) is 7.37. The number of hydrogen-bond acceptors (Lipinski definition) is 6. The van der Waals surface area contributed by atoms with E-state index in [0.29, 0.717) is 18.3 Å². The summed E-state index contributed by atoms with van der Waals surface area (Å²) in [4.78, 5) is 25.7. The normalized spacial score (nSPS) is 55.8. The minimum Gasteiger partial charge on any atom is -0.393 e. The molecule has 190 valence electrons. The Hall–Kier alpha value is -1.34. The molecular formula is C29H38O6. The summed E-state index contributed by atoms with van der Waals surface area (Å²) in [5, 5.41) is 21.8. The number of carbonyl (C=O) groups is 2. The van der Waals surface area contributed by atoms with Crippen molar-refractivity contribution in [3.63, 3.8) is 0 Å². The maximum absolute atomic E-state index is 13.6. The molecule has 2 bridgehead atoms. The number of fused-ring (bicyclic) bond motifs is 9. The molecule has 4 unspecified atom stereocenters. The zero-order valence-corrected chi connectivity index (χ0v) is 20.8. The molecule has 2 N–H and O–H groups in total. The predicted molar refractivity (Wildman–Crippen MR) is 127 cm³/mol. The number of carbonyl (C=O) groups excluding carboxylic acids is 2. The smallest absolute Gasteiger partial charge is 0.193 e. The minimum absolute atomic E-state index is 0.00797. The van der Waals surface area contributed by atoms with Gasteiger partial charge in [0.05, 0.1) is 12.2 Å². The van der Waals surface area contributed by atoms with Crippen LogP contribution in [0.1, 0.15) is 65.2 Å². The SMILES string of the molecule is C[C@]12C=CC(=O)C=C1CC[C@@H]1[C@@H]2[C@@H](O)C[C@@]2(C)[C@H]1C[C@H]1OC(C3CC4CCC3C4)O[C@]12C(=O)CO. The van der Waals surface area contributed by atoms with Crippen molar-refractivity contribution in [3.8, 4) is 0 Å². The van der Waals surface area contributed by atoms with Crippen LogP contribution in [0.2, 0.25) is 0 Å². The third kappa shape index (κ3) is 2.75. The molecular weight excluding hydrogens is 444 g/mol. The summed E-state index contributed by atoms with van der Waals surface area (Å²) in [6, 6.07) is 0. The van der Waals surface area contributed by atoms with E-state index in [4.69, 9.17) is 9.47 Å². The summed E-state index contributed by atoms with van der Waals surface area (Å²) in [5.41, 5.74) is -1.02. The molecule has 7 aliphatic rings. The summed E-state index contributed by atoms with van der Waals surface area (Å²) >= 11 is 0. The lowest BCUT2D eigenvalue weighted by Gasteiger charge is -2.59. The molecule has 35 heavy (non-hydrogen) atoms. The lowest BCUT2D eigenvalue weighted by Crippen LogP contribution is -2.63. The van der Waals surface area contributed by atoms with Gasteiger partial charge in [-0.3, -0.25) is 9.59 Å². The van der Waals surface area contributed by atoms with Gasteiger partial charge in [0, 0.05) is 22.7 Å². The molecule has 0 spiro atoms. The number of Topliss-reactive ketones (excluding diaryl/α,β-unsaturated/α-hetero) is 1. The third-order valence-electron chi connectivity index (χ3n) is 12.0. The predicted octanol–water partition coefficient (Wildman–Crippen LogP) is 3.35. The van der Waals surface area contributed by atoms with Gasteiger partial charge >= 0.3 is 0 Å². The standard InChI is InChI=1S/C29H38O6/c1-27-8-7-18(31)11-17(27)5-6-19-21-12-24-29(23(33)14-30,28(21,2)13-22(32)25(19)27)35-26(34-24)20-10-15-3-4-16(20)9-15/h7-8,11,15-16,19-22,24-26,30,32H,3-6,9-10,12-14H2,1-2H3/t15?,16?,19-,20?,21-,22-,24+,25+,26?,27-,28-,29+/m0/s1. The highest BCUT2D eigenvalue weighted by Crippen LogP contribution is 2.70. The van der Waals surface area contributed by atoms with Crippen molar-refractivity contribution in [1.29, 1.82) is 0 Å². The second-order valence-electron chi connectivity index (χ2n) is 13.2. The van der Waals surface area contributed by atoms with Crippen molar-refractivity contribution in [2.45, 2.75) is 89.3 Å². The van der Waals surface area contributed by atoms with E-state index in [1.165, 1.54) is 19.3 Å². The molecule has 0 amide bonds. The van der Waals surface area contributed by atoms with E-state index < -0.39 is 23.7 Å². The number of ether oxygens (including phenoxy) is 2. The van der Waals surface area contributed by atoms with Gasteiger partial charge in [-0.1, -0.05) is 31.9 Å². The number of ketones is 2. The van der Waals surface area contributed by atoms with Gasteiger partial charge in [-0.2, -0.15) is 0 Å². The van der Waals surface area contributed by atoms with Gasteiger partial charge in [-0.05, 0) is 80.8 Å². The van der Waals surface area contributed by atoms with Crippen LogP contribution in [-0.2, 0) is 19.1 Å². The van der Waals surface area contributed by atoms with Gasteiger partial charge in [0.1, 0.15) is 6.61 Å². The Bertz CT molecular complexity index is 1030. The van der Waals surface area contributed by atoms with Gasteiger partial charge < -0.3 is 19.7 Å². The molecule has 5 saturated carbocycles. The molecule has 6 heteroatoms. The Morgan fingerprint density at radius 3 is 2.69 bits per heavy atom. The first-order chi connectivity index (χ1) is 16.7. The lowest BCUT2D eigenvalue weighted by atomic mass is 9.46. The number of aliphatic hydroxyl groups excluding tert-OH is 2. The summed E-state index contributed by atoms with van der Waals surface area (Å²) in [5.74, 6) is 1.79. The van der Waals surface area contributed by atoms with Crippen LogP contribution < -0.4 is 0 Å². The average Bonchev–Trinajstić information content (AvgIpc) is 3.58. The highest BCUT2D eigenvalue weighted by atomic mass is 16.7. The van der Waals surface area contributed by atoms with Gasteiger partial charge in [0.25, 0.3) is 0 Å². The Labute approximate surface area is 207 Å². The van der Waals surface area contributed by atoms with Crippen LogP contribution in [0, 0.1) is 46.3 Å². The summed E-state index contributed by atoms with van der Waals surface area (Å²) in [6.45, 7) is 3.71. The molecule has 0 aromatic carbocycles. The number of aliphatic hydroxyl groups is 2. The van der Waals surface area contributed by atoms with E-state index in [1.54, 1.807) is 12.2 Å². The quantitative estimate of drug-likeness (QED) is 0.641. The summed E-state index contributed by atoms with van der Waals surface area (Å²) < 4.78 is 13.5.